The molecule has 0 amide bonds. The van der Waals surface area contributed by atoms with E-state index in [2.05, 4.69) is 55.3 Å². The van der Waals surface area contributed by atoms with Crippen LogP contribution in [0.4, 0.5) is 0 Å². The Labute approximate surface area is 97.4 Å². The lowest BCUT2D eigenvalue weighted by Crippen LogP contribution is -2.30. The summed E-state index contributed by atoms with van der Waals surface area (Å²) in [5.41, 5.74) is 0. The van der Waals surface area contributed by atoms with Gasteiger partial charge in [0, 0.05) is 9.97 Å². The van der Waals surface area contributed by atoms with Gasteiger partial charge in [0.2, 0.25) is 0 Å². The number of halogens is 1. The normalized spacial score (nSPS) is 16.2. The first-order chi connectivity index (χ1) is 6.11. The second-order valence-electron chi connectivity index (χ2n) is 3.90. The molecule has 1 unspecified atom stereocenters. The van der Waals surface area contributed by atoms with Gasteiger partial charge in [0.25, 0.3) is 0 Å². The van der Waals surface area contributed by atoms with Crippen LogP contribution in [0, 0.1) is 0 Å². The predicted octanol–water partition coefficient (Wildman–Crippen LogP) is 3.71. The van der Waals surface area contributed by atoms with E-state index >= 15 is 0 Å². The Morgan fingerprint density at radius 2 is 1.92 bits per heavy atom. The topological polar surface area (TPSA) is 3.24 Å². The molecule has 0 aromatic rings. The van der Waals surface area contributed by atoms with E-state index in [1.165, 1.54) is 25.7 Å². The minimum atomic E-state index is 0.740. The Hall–Kier alpha value is 0.690. The third-order valence-corrected chi connectivity index (χ3v) is 3.85. The first-order valence-corrected chi connectivity index (χ1v) is 6.70. The maximum atomic E-state index is 2.60. The van der Waals surface area contributed by atoms with Gasteiger partial charge in [0.05, 0.1) is 0 Å². The molecule has 0 heterocycles. The molecule has 0 N–H and O–H groups in total. The summed E-state index contributed by atoms with van der Waals surface area (Å²) in [6.45, 7) is 8.00. The van der Waals surface area contributed by atoms with Gasteiger partial charge in [-0.25, -0.2) is 0 Å². The number of unbranched alkanes of at least 4 members (excludes halogenated alkanes) is 1. The molecule has 0 rings (SSSR count). The highest BCUT2D eigenvalue weighted by molar-refractivity contribution is 14.1. The zero-order chi connectivity index (χ0) is 10.3. The molecule has 1 nitrogen and oxygen atoms in total. The second-order valence-corrected chi connectivity index (χ2v) is 5.66. The molecule has 0 radical (unpaired) electrons. The highest BCUT2D eigenvalue weighted by Crippen LogP contribution is 2.18. The Kier molecular flexibility index (Phi) is 8.46. The number of rotatable bonds is 7. The summed E-state index contributed by atoms with van der Waals surface area (Å²) in [6, 6.07) is 0.740. The third-order valence-electron chi connectivity index (χ3n) is 2.72. The molecule has 0 bridgehead atoms. The van der Waals surface area contributed by atoms with Crippen LogP contribution >= 0.6 is 22.6 Å². The molecule has 0 aromatic heterocycles. The van der Waals surface area contributed by atoms with Crippen molar-refractivity contribution >= 4 is 22.6 Å². The lowest BCUT2D eigenvalue weighted by Gasteiger charge is -2.25. The van der Waals surface area contributed by atoms with Gasteiger partial charge in [-0.3, -0.25) is 0 Å². The van der Waals surface area contributed by atoms with Crippen LogP contribution in [0.2, 0.25) is 0 Å². The van der Waals surface area contributed by atoms with Crippen molar-refractivity contribution in [3.05, 3.63) is 0 Å². The minimum absolute atomic E-state index is 0.740. The quantitative estimate of drug-likeness (QED) is 0.511. The van der Waals surface area contributed by atoms with E-state index in [-0.39, 0.29) is 0 Å². The van der Waals surface area contributed by atoms with E-state index < -0.39 is 0 Å². The van der Waals surface area contributed by atoms with Crippen LogP contribution in [-0.4, -0.2) is 28.5 Å². The standard InChI is InChI=1S/C11H24IN/c1-5-7-8-11(12)9-10(3)13(4)6-2/h10-11H,5-9H2,1-4H3/t10-,11?/m1/s1. The van der Waals surface area contributed by atoms with Crippen LogP contribution in [0.15, 0.2) is 0 Å². The van der Waals surface area contributed by atoms with Crippen LogP contribution < -0.4 is 0 Å². The first kappa shape index (κ1) is 13.7. The Balaban J connectivity index is 3.57. The molecular formula is C11H24IN. The van der Waals surface area contributed by atoms with Crippen molar-refractivity contribution in [1.82, 2.24) is 4.90 Å². The van der Waals surface area contributed by atoms with Gasteiger partial charge in [-0.2, -0.15) is 0 Å². The molecule has 13 heavy (non-hydrogen) atoms. The van der Waals surface area contributed by atoms with Crippen LogP contribution in [0.1, 0.15) is 46.5 Å². The molecule has 0 fully saturated rings. The fraction of sp³-hybridized carbons (Fsp3) is 1.00. The van der Waals surface area contributed by atoms with Crippen molar-refractivity contribution in [2.45, 2.75) is 56.4 Å². The van der Waals surface area contributed by atoms with Gasteiger partial charge in [0.1, 0.15) is 0 Å². The molecule has 0 aliphatic heterocycles. The zero-order valence-corrected chi connectivity index (χ0v) is 11.7. The Bertz CT molecular complexity index is 117. The number of hydrogen-bond donors (Lipinski definition) is 0. The van der Waals surface area contributed by atoms with Gasteiger partial charge >= 0.3 is 0 Å². The summed E-state index contributed by atoms with van der Waals surface area (Å²) < 4.78 is 0.863. The van der Waals surface area contributed by atoms with E-state index in [4.69, 9.17) is 0 Å². The van der Waals surface area contributed by atoms with Crippen molar-refractivity contribution in [1.29, 1.82) is 0 Å². The van der Waals surface area contributed by atoms with Crippen molar-refractivity contribution in [3.8, 4) is 0 Å². The van der Waals surface area contributed by atoms with Gasteiger partial charge in [-0.1, -0.05) is 49.3 Å². The number of alkyl halides is 1. The minimum Gasteiger partial charge on any atom is -0.304 e. The van der Waals surface area contributed by atoms with Crippen molar-refractivity contribution in [3.63, 3.8) is 0 Å². The molecule has 0 saturated heterocycles. The van der Waals surface area contributed by atoms with Gasteiger partial charge in [-0.05, 0) is 33.4 Å². The third kappa shape index (κ3) is 6.72. The smallest absolute Gasteiger partial charge is 0.0124 e. The monoisotopic (exact) mass is 297 g/mol. The zero-order valence-electron chi connectivity index (χ0n) is 9.52. The SMILES string of the molecule is CCCCC(I)C[C@@H](C)N(C)CC. The Morgan fingerprint density at radius 3 is 2.38 bits per heavy atom. The first-order valence-electron chi connectivity index (χ1n) is 5.46. The molecule has 2 atom stereocenters. The van der Waals surface area contributed by atoms with Crippen molar-refractivity contribution in [2.75, 3.05) is 13.6 Å². The largest absolute Gasteiger partial charge is 0.304 e. The molecule has 0 aliphatic carbocycles. The molecule has 80 valence electrons. The van der Waals surface area contributed by atoms with E-state index in [1.807, 2.05) is 0 Å². The van der Waals surface area contributed by atoms with Crippen LogP contribution in [0.25, 0.3) is 0 Å². The second kappa shape index (κ2) is 8.04. The van der Waals surface area contributed by atoms with Gasteiger partial charge < -0.3 is 4.90 Å². The summed E-state index contributed by atoms with van der Waals surface area (Å²) in [5, 5.41) is 0. The maximum absolute atomic E-state index is 2.60. The maximum Gasteiger partial charge on any atom is 0.0124 e. The highest BCUT2D eigenvalue weighted by atomic mass is 127. The molecule has 0 spiro atoms. The lowest BCUT2D eigenvalue weighted by atomic mass is 10.1. The lowest BCUT2D eigenvalue weighted by molar-refractivity contribution is 0.257. The number of hydrogen-bond acceptors (Lipinski definition) is 1. The number of nitrogens with zero attached hydrogens (tertiary/aromatic N) is 1. The summed E-state index contributed by atoms with van der Waals surface area (Å²) in [6.07, 6.45) is 5.44. The van der Waals surface area contributed by atoms with Crippen LogP contribution in [0.3, 0.4) is 0 Å². The van der Waals surface area contributed by atoms with Crippen molar-refractivity contribution in [2.24, 2.45) is 0 Å². The highest BCUT2D eigenvalue weighted by Gasteiger charge is 2.12. The van der Waals surface area contributed by atoms with Crippen LogP contribution in [-0.2, 0) is 0 Å². The van der Waals surface area contributed by atoms with Crippen LogP contribution in [0.5, 0.6) is 0 Å². The summed E-state index contributed by atoms with van der Waals surface area (Å²) in [7, 11) is 2.22. The van der Waals surface area contributed by atoms with Crippen molar-refractivity contribution < 1.29 is 0 Å². The summed E-state index contributed by atoms with van der Waals surface area (Å²) >= 11 is 2.60. The predicted molar refractivity (Wildman–Crippen MR) is 69.7 cm³/mol. The van der Waals surface area contributed by atoms with E-state index in [1.54, 1.807) is 0 Å². The Morgan fingerprint density at radius 1 is 1.31 bits per heavy atom. The van der Waals surface area contributed by atoms with E-state index in [0.717, 1.165) is 16.5 Å². The molecular weight excluding hydrogens is 273 g/mol. The summed E-state index contributed by atoms with van der Waals surface area (Å²) in [4.78, 5) is 2.43. The average Bonchev–Trinajstić information content (AvgIpc) is 2.13. The fourth-order valence-corrected chi connectivity index (χ4v) is 2.58. The van der Waals surface area contributed by atoms with E-state index in [0.29, 0.717) is 0 Å². The molecule has 2 heteroatoms. The van der Waals surface area contributed by atoms with Gasteiger partial charge in [-0.15, -0.1) is 0 Å². The fourth-order valence-electron chi connectivity index (χ4n) is 1.41. The van der Waals surface area contributed by atoms with Gasteiger partial charge in [0.15, 0.2) is 0 Å². The van der Waals surface area contributed by atoms with E-state index in [9.17, 15) is 0 Å². The average molecular weight is 297 g/mol. The molecule has 0 aliphatic rings. The molecule has 0 aromatic carbocycles. The molecule has 0 saturated carbocycles. The summed E-state index contributed by atoms with van der Waals surface area (Å²) in [5.74, 6) is 0.